The van der Waals surface area contributed by atoms with Gasteiger partial charge in [-0.3, -0.25) is 0 Å². The lowest BCUT2D eigenvalue weighted by molar-refractivity contribution is -0.00979. The van der Waals surface area contributed by atoms with Crippen molar-refractivity contribution in [2.45, 2.75) is 48.1 Å². The van der Waals surface area contributed by atoms with Gasteiger partial charge in [-0.1, -0.05) is 21.8 Å². The van der Waals surface area contributed by atoms with Crippen LogP contribution in [0.15, 0.2) is 0 Å². The van der Waals surface area contributed by atoms with Crippen LogP contribution in [0.1, 0.15) is 42.0 Å². The van der Waals surface area contributed by atoms with Crippen LogP contribution in [0.3, 0.4) is 0 Å². The molecule has 0 aromatic heterocycles. The highest BCUT2D eigenvalue weighted by Gasteiger charge is 2.03. The predicted molar refractivity (Wildman–Crippen MR) is 55.7 cm³/mol. The molecule has 0 saturated carbocycles. The second-order valence-electron chi connectivity index (χ2n) is 2.15. The van der Waals surface area contributed by atoms with Crippen LogP contribution in [-0.2, 0) is 9.47 Å². The molecule has 0 N–H and O–H groups in total. The third kappa shape index (κ3) is 9.92. The first-order valence-corrected chi connectivity index (χ1v) is 4.04. The van der Waals surface area contributed by atoms with Crippen molar-refractivity contribution in [3.63, 3.8) is 0 Å². The van der Waals surface area contributed by atoms with E-state index in [9.17, 15) is 0 Å². The van der Waals surface area contributed by atoms with Gasteiger partial charge in [-0.2, -0.15) is 0 Å². The minimum Gasteiger partial charge on any atom is -0.379 e. The third-order valence-corrected chi connectivity index (χ3v) is 1.37. The largest absolute Gasteiger partial charge is 0.379 e. The van der Waals surface area contributed by atoms with E-state index < -0.39 is 0 Å². The summed E-state index contributed by atoms with van der Waals surface area (Å²) in [6.45, 7) is 8.42. The molecule has 0 aliphatic carbocycles. The van der Waals surface area contributed by atoms with Gasteiger partial charge in [-0.15, -0.1) is 0 Å². The Morgan fingerprint density at radius 1 is 1.00 bits per heavy atom. The molecule has 0 aromatic rings. The van der Waals surface area contributed by atoms with Gasteiger partial charge in [0.1, 0.15) is 0 Å². The van der Waals surface area contributed by atoms with Crippen molar-refractivity contribution in [3.8, 4) is 0 Å². The zero-order valence-corrected chi connectivity index (χ0v) is 7.22. The Kier molecular flexibility index (Phi) is 20.1. The molecule has 0 heterocycles. The Bertz CT molecular complexity index is 64.9. The Balaban J connectivity index is -0.000000405. The van der Waals surface area contributed by atoms with Crippen LogP contribution >= 0.6 is 0 Å². The monoisotopic (exact) mass is 178 g/mol. The average molecular weight is 178 g/mol. The predicted octanol–water partition coefficient (Wildman–Crippen LogP) is 3.11. The molecule has 0 rings (SSSR count). The second-order valence-corrected chi connectivity index (χ2v) is 2.15. The molecule has 12 heavy (non-hydrogen) atoms. The van der Waals surface area contributed by atoms with Crippen molar-refractivity contribution in [1.82, 2.24) is 0 Å². The minimum atomic E-state index is 0. The van der Waals surface area contributed by atoms with Gasteiger partial charge in [0.05, 0.1) is 12.7 Å². The fourth-order valence-corrected chi connectivity index (χ4v) is 0.769. The molecule has 0 aromatic carbocycles. The topological polar surface area (TPSA) is 18.5 Å². The van der Waals surface area contributed by atoms with Crippen molar-refractivity contribution in [2.24, 2.45) is 0 Å². The Labute approximate surface area is 78.3 Å². The van der Waals surface area contributed by atoms with Gasteiger partial charge in [-0.25, -0.2) is 0 Å². The summed E-state index contributed by atoms with van der Waals surface area (Å²) in [6.07, 6.45) is 1.33. The zero-order valence-electron chi connectivity index (χ0n) is 7.22. The van der Waals surface area contributed by atoms with E-state index in [0.717, 1.165) is 26.2 Å². The standard InChI is InChI=1S/C8H18O2.2CH4/c1-4-8(10-6-3)7-9-5-2;;/h8H,4-7H2,1-3H3;2*1H4. The van der Waals surface area contributed by atoms with Crippen LogP contribution < -0.4 is 0 Å². The summed E-state index contributed by atoms with van der Waals surface area (Å²) in [4.78, 5) is 0. The van der Waals surface area contributed by atoms with E-state index in [2.05, 4.69) is 6.92 Å². The molecule has 0 amide bonds. The Morgan fingerprint density at radius 3 is 1.92 bits per heavy atom. The van der Waals surface area contributed by atoms with Gasteiger partial charge >= 0.3 is 0 Å². The molecule has 1 unspecified atom stereocenters. The van der Waals surface area contributed by atoms with Crippen molar-refractivity contribution in [3.05, 3.63) is 0 Å². The maximum atomic E-state index is 5.37. The molecule has 2 heteroatoms. The molecule has 0 radical (unpaired) electrons. The summed E-state index contributed by atoms with van der Waals surface area (Å²) in [5, 5.41) is 0. The highest BCUT2D eigenvalue weighted by Crippen LogP contribution is 1.97. The van der Waals surface area contributed by atoms with E-state index in [0.29, 0.717) is 6.10 Å². The summed E-state index contributed by atoms with van der Waals surface area (Å²) in [5.74, 6) is 0. The normalized spacial score (nSPS) is 11.2. The highest BCUT2D eigenvalue weighted by atomic mass is 16.5. The van der Waals surface area contributed by atoms with Crippen molar-refractivity contribution in [1.29, 1.82) is 0 Å². The summed E-state index contributed by atoms with van der Waals surface area (Å²) in [7, 11) is 0. The maximum Gasteiger partial charge on any atom is 0.0805 e. The first-order valence-electron chi connectivity index (χ1n) is 4.04. The van der Waals surface area contributed by atoms with Gasteiger partial charge < -0.3 is 9.47 Å². The summed E-state index contributed by atoms with van der Waals surface area (Å²) >= 11 is 0. The van der Waals surface area contributed by atoms with Crippen molar-refractivity contribution >= 4 is 0 Å². The van der Waals surface area contributed by atoms with Crippen LogP contribution in [0, 0.1) is 0 Å². The molecule has 0 aliphatic heterocycles. The number of hydrogen-bond acceptors (Lipinski definition) is 2. The summed E-state index contributed by atoms with van der Waals surface area (Å²) in [6, 6.07) is 0. The summed E-state index contributed by atoms with van der Waals surface area (Å²) < 4.78 is 10.6. The lowest BCUT2D eigenvalue weighted by Crippen LogP contribution is -2.18. The molecule has 0 spiro atoms. The minimum absolute atomic E-state index is 0. The number of rotatable bonds is 6. The number of hydrogen-bond donors (Lipinski definition) is 0. The fraction of sp³-hybridized carbons (Fsp3) is 1.00. The zero-order chi connectivity index (χ0) is 7.82. The smallest absolute Gasteiger partial charge is 0.0805 e. The molecule has 0 fully saturated rings. The Hall–Kier alpha value is -0.0800. The average Bonchev–Trinajstić information content (AvgIpc) is 1.98. The van der Waals surface area contributed by atoms with Gasteiger partial charge in [0.25, 0.3) is 0 Å². The fourth-order valence-electron chi connectivity index (χ4n) is 0.769. The lowest BCUT2D eigenvalue weighted by atomic mass is 10.3. The quantitative estimate of drug-likeness (QED) is 0.622. The van der Waals surface area contributed by atoms with Crippen LogP contribution in [0.5, 0.6) is 0 Å². The van der Waals surface area contributed by atoms with E-state index >= 15 is 0 Å². The van der Waals surface area contributed by atoms with Gasteiger partial charge in [0, 0.05) is 13.2 Å². The second kappa shape index (κ2) is 13.5. The van der Waals surface area contributed by atoms with E-state index in [-0.39, 0.29) is 14.9 Å². The van der Waals surface area contributed by atoms with Crippen LogP contribution in [0.4, 0.5) is 0 Å². The first kappa shape index (κ1) is 17.9. The van der Waals surface area contributed by atoms with Gasteiger partial charge in [0.2, 0.25) is 0 Å². The molecule has 0 aliphatic rings. The lowest BCUT2D eigenvalue weighted by Gasteiger charge is -2.13. The first-order chi connectivity index (χ1) is 4.85. The summed E-state index contributed by atoms with van der Waals surface area (Å²) in [5.41, 5.74) is 0. The van der Waals surface area contributed by atoms with Crippen molar-refractivity contribution < 1.29 is 9.47 Å². The SMILES string of the molecule is C.C.CCOCC(CC)OCC. The molecular weight excluding hydrogens is 152 g/mol. The Morgan fingerprint density at radius 2 is 1.58 bits per heavy atom. The van der Waals surface area contributed by atoms with E-state index in [1.165, 1.54) is 0 Å². The maximum absolute atomic E-state index is 5.37. The van der Waals surface area contributed by atoms with Crippen molar-refractivity contribution in [2.75, 3.05) is 19.8 Å². The molecule has 1 atom stereocenters. The van der Waals surface area contributed by atoms with E-state index in [1.807, 2.05) is 13.8 Å². The molecule has 0 bridgehead atoms. The molecule has 78 valence electrons. The van der Waals surface area contributed by atoms with Crippen LogP contribution in [-0.4, -0.2) is 25.9 Å². The number of ether oxygens (including phenoxy) is 2. The molecule has 0 saturated heterocycles. The van der Waals surface area contributed by atoms with E-state index in [4.69, 9.17) is 9.47 Å². The highest BCUT2D eigenvalue weighted by molar-refractivity contribution is 4.51. The van der Waals surface area contributed by atoms with Crippen LogP contribution in [0.2, 0.25) is 0 Å². The third-order valence-electron chi connectivity index (χ3n) is 1.37. The van der Waals surface area contributed by atoms with Gasteiger partial charge in [0.15, 0.2) is 0 Å². The van der Waals surface area contributed by atoms with Gasteiger partial charge in [-0.05, 0) is 20.3 Å². The van der Waals surface area contributed by atoms with E-state index in [1.54, 1.807) is 0 Å². The molecule has 2 nitrogen and oxygen atoms in total. The molecular formula is C10H26O2. The van der Waals surface area contributed by atoms with Crippen LogP contribution in [0.25, 0.3) is 0 Å².